The molecule has 46 valence electrons. The molecular formula is C6H7BO2. The molecule has 9 heavy (non-hydrogen) atoms. The normalized spacial score (nSPS) is 28.7. The van der Waals surface area contributed by atoms with Crippen LogP contribution >= 0.6 is 0 Å². The van der Waals surface area contributed by atoms with Gasteiger partial charge in [-0.15, -0.1) is 0 Å². The molecule has 1 rings (SSSR count). The summed E-state index contributed by atoms with van der Waals surface area (Å²) in [7, 11) is 5.34. The summed E-state index contributed by atoms with van der Waals surface area (Å²) in [5, 5.41) is 0. The van der Waals surface area contributed by atoms with Crippen LogP contribution in [0.2, 0.25) is 5.82 Å². The Labute approximate surface area is 55.0 Å². The fourth-order valence-corrected chi connectivity index (χ4v) is 0.891. The molecule has 0 aromatic carbocycles. The summed E-state index contributed by atoms with van der Waals surface area (Å²) >= 11 is 0. The highest BCUT2D eigenvalue weighted by Crippen LogP contribution is 2.19. The monoisotopic (exact) mass is 122 g/mol. The predicted octanol–water partition coefficient (Wildman–Crippen LogP) is 0.265. The van der Waals surface area contributed by atoms with Gasteiger partial charge in [-0.3, -0.25) is 9.59 Å². The van der Waals surface area contributed by atoms with Crippen molar-refractivity contribution in [3.63, 3.8) is 0 Å². The number of hydrogen-bond donors (Lipinski definition) is 0. The van der Waals surface area contributed by atoms with Gasteiger partial charge in [0.1, 0.15) is 11.6 Å². The lowest BCUT2D eigenvalue weighted by Gasteiger charge is -2.14. The highest BCUT2D eigenvalue weighted by atomic mass is 16.1. The zero-order valence-electron chi connectivity index (χ0n) is 5.09. The minimum absolute atomic E-state index is 0.0294. The van der Waals surface area contributed by atoms with E-state index in [1.165, 1.54) is 0 Å². The average molecular weight is 122 g/mol. The van der Waals surface area contributed by atoms with E-state index in [-0.39, 0.29) is 23.8 Å². The Morgan fingerprint density at radius 3 is 2.56 bits per heavy atom. The van der Waals surface area contributed by atoms with Crippen LogP contribution in [0.3, 0.4) is 0 Å². The van der Waals surface area contributed by atoms with Gasteiger partial charge in [0.2, 0.25) is 0 Å². The SMILES string of the molecule is [B][C@@H]1CCC(=O)CC1=O. The van der Waals surface area contributed by atoms with Gasteiger partial charge in [-0.25, -0.2) is 0 Å². The molecule has 0 aliphatic heterocycles. The van der Waals surface area contributed by atoms with Crippen molar-refractivity contribution in [2.75, 3.05) is 0 Å². The van der Waals surface area contributed by atoms with Gasteiger partial charge in [-0.1, -0.05) is 0 Å². The first-order valence-electron chi connectivity index (χ1n) is 3.00. The maximum absolute atomic E-state index is 10.7. The number of Topliss-reactive ketones (excluding diaryl/α,β-unsaturated/α-hetero) is 2. The Morgan fingerprint density at radius 1 is 1.44 bits per heavy atom. The summed E-state index contributed by atoms with van der Waals surface area (Å²) in [4.78, 5) is 21.2. The largest absolute Gasteiger partial charge is 0.300 e. The molecule has 0 spiro atoms. The van der Waals surface area contributed by atoms with E-state index in [1.807, 2.05) is 0 Å². The van der Waals surface area contributed by atoms with Crippen LogP contribution in [0.1, 0.15) is 19.3 Å². The van der Waals surface area contributed by atoms with Crippen molar-refractivity contribution >= 4 is 19.4 Å². The third kappa shape index (κ3) is 1.41. The third-order valence-corrected chi connectivity index (χ3v) is 1.52. The molecular weight excluding hydrogens is 115 g/mol. The molecule has 0 N–H and O–H groups in total. The first-order valence-corrected chi connectivity index (χ1v) is 3.00. The maximum Gasteiger partial charge on any atom is 0.140 e. The average Bonchev–Trinajstić information content (AvgIpc) is 1.80. The summed E-state index contributed by atoms with van der Waals surface area (Å²) in [6.45, 7) is 0. The minimum atomic E-state index is -0.373. The Morgan fingerprint density at radius 2 is 2.11 bits per heavy atom. The summed E-state index contributed by atoms with van der Waals surface area (Å²) < 4.78 is 0. The molecule has 0 aromatic rings. The quantitative estimate of drug-likeness (QED) is 0.341. The van der Waals surface area contributed by atoms with Crippen molar-refractivity contribution in [2.24, 2.45) is 0 Å². The van der Waals surface area contributed by atoms with Crippen LogP contribution in [0, 0.1) is 0 Å². The van der Waals surface area contributed by atoms with Crippen molar-refractivity contribution in [1.82, 2.24) is 0 Å². The van der Waals surface area contributed by atoms with E-state index in [1.54, 1.807) is 0 Å². The lowest BCUT2D eigenvalue weighted by molar-refractivity contribution is -0.129. The van der Waals surface area contributed by atoms with Crippen LogP contribution in [-0.4, -0.2) is 19.4 Å². The molecule has 0 unspecified atom stereocenters. The van der Waals surface area contributed by atoms with Crippen LogP contribution in [0.25, 0.3) is 0 Å². The Balaban J connectivity index is 2.54. The topological polar surface area (TPSA) is 34.1 Å². The van der Waals surface area contributed by atoms with Gasteiger partial charge in [0.05, 0.1) is 14.3 Å². The molecule has 0 aromatic heterocycles. The van der Waals surface area contributed by atoms with E-state index in [0.717, 1.165) is 0 Å². The zero-order valence-corrected chi connectivity index (χ0v) is 5.09. The number of hydrogen-bond acceptors (Lipinski definition) is 2. The summed E-state index contributed by atoms with van der Waals surface area (Å²) in [5.41, 5.74) is 0. The Hall–Kier alpha value is -0.595. The van der Waals surface area contributed by atoms with Gasteiger partial charge in [-0.2, -0.15) is 0 Å². The highest BCUT2D eigenvalue weighted by Gasteiger charge is 2.21. The molecule has 2 radical (unpaired) electrons. The third-order valence-electron chi connectivity index (χ3n) is 1.52. The van der Waals surface area contributed by atoms with Crippen molar-refractivity contribution in [3.8, 4) is 0 Å². The molecule has 1 aliphatic carbocycles. The summed E-state index contributed by atoms with van der Waals surface area (Å²) in [6, 6.07) is 0. The van der Waals surface area contributed by atoms with Gasteiger partial charge < -0.3 is 0 Å². The van der Waals surface area contributed by atoms with E-state index in [0.29, 0.717) is 12.8 Å². The van der Waals surface area contributed by atoms with Crippen molar-refractivity contribution < 1.29 is 9.59 Å². The number of carbonyl (C=O) groups excluding carboxylic acids is 2. The molecule has 1 saturated carbocycles. The van der Waals surface area contributed by atoms with E-state index in [2.05, 4.69) is 0 Å². The highest BCUT2D eigenvalue weighted by molar-refractivity contribution is 6.27. The molecule has 1 aliphatic rings. The second-order valence-corrected chi connectivity index (χ2v) is 2.33. The first kappa shape index (κ1) is 6.52. The fraction of sp³-hybridized carbons (Fsp3) is 0.667. The standard InChI is InChI=1S/C6H7BO2/c7-5-2-1-4(8)3-6(5)9/h5H,1-3H2/t5-/m1/s1. The van der Waals surface area contributed by atoms with Gasteiger partial charge >= 0.3 is 0 Å². The van der Waals surface area contributed by atoms with Gasteiger partial charge in [0.15, 0.2) is 0 Å². The molecule has 0 amide bonds. The van der Waals surface area contributed by atoms with Crippen LogP contribution in [-0.2, 0) is 9.59 Å². The molecule has 0 bridgehead atoms. The van der Waals surface area contributed by atoms with Crippen LogP contribution in [0.5, 0.6) is 0 Å². The van der Waals surface area contributed by atoms with Crippen LogP contribution in [0.15, 0.2) is 0 Å². The fourth-order valence-electron chi connectivity index (χ4n) is 0.891. The maximum atomic E-state index is 10.7. The van der Waals surface area contributed by atoms with Crippen molar-refractivity contribution in [3.05, 3.63) is 0 Å². The van der Waals surface area contributed by atoms with E-state index in [4.69, 9.17) is 7.85 Å². The number of ketones is 2. The van der Waals surface area contributed by atoms with E-state index < -0.39 is 0 Å². The molecule has 1 atom stereocenters. The lowest BCUT2D eigenvalue weighted by atomic mass is 9.74. The Bertz CT molecular complexity index is 153. The van der Waals surface area contributed by atoms with E-state index >= 15 is 0 Å². The summed E-state index contributed by atoms with van der Waals surface area (Å²) in [5.74, 6) is -0.448. The van der Waals surface area contributed by atoms with Gasteiger partial charge in [0.25, 0.3) is 0 Å². The second kappa shape index (κ2) is 2.34. The Kier molecular flexibility index (Phi) is 1.69. The van der Waals surface area contributed by atoms with Gasteiger partial charge in [-0.05, 0) is 12.2 Å². The van der Waals surface area contributed by atoms with Crippen LogP contribution in [0.4, 0.5) is 0 Å². The second-order valence-electron chi connectivity index (χ2n) is 2.33. The molecule has 0 heterocycles. The van der Waals surface area contributed by atoms with Crippen molar-refractivity contribution in [2.45, 2.75) is 25.1 Å². The first-order chi connectivity index (χ1) is 4.20. The summed E-state index contributed by atoms with van der Waals surface area (Å²) in [6.07, 6.45) is 1.08. The minimum Gasteiger partial charge on any atom is -0.300 e. The molecule has 0 saturated heterocycles. The molecule has 2 nitrogen and oxygen atoms in total. The predicted molar refractivity (Wildman–Crippen MR) is 33.4 cm³/mol. The molecule has 1 fully saturated rings. The van der Waals surface area contributed by atoms with Crippen LogP contribution < -0.4 is 0 Å². The smallest absolute Gasteiger partial charge is 0.140 e. The number of rotatable bonds is 0. The van der Waals surface area contributed by atoms with E-state index in [9.17, 15) is 9.59 Å². The molecule has 3 heteroatoms. The lowest BCUT2D eigenvalue weighted by Crippen LogP contribution is -2.20. The van der Waals surface area contributed by atoms with Crippen molar-refractivity contribution in [1.29, 1.82) is 0 Å². The zero-order chi connectivity index (χ0) is 6.85. The van der Waals surface area contributed by atoms with Gasteiger partial charge in [0, 0.05) is 6.42 Å². The number of carbonyl (C=O) groups is 2.